The van der Waals surface area contributed by atoms with E-state index in [4.69, 9.17) is 19.6 Å². The molecule has 0 radical (unpaired) electrons. The molecule has 9 nitrogen and oxygen atoms in total. The Balaban J connectivity index is 0.000000406. The number of alkyl halides is 3. The molecule has 1 unspecified atom stereocenters. The van der Waals surface area contributed by atoms with E-state index in [1.165, 1.54) is 4.57 Å². The molecule has 12 heteroatoms. The second-order valence-corrected chi connectivity index (χ2v) is 7.83. The van der Waals surface area contributed by atoms with Gasteiger partial charge in [0, 0.05) is 6.20 Å². The lowest BCUT2D eigenvalue weighted by Crippen LogP contribution is -2.31. The Hall–Kier alpha value is -3.96. The van der Waals surface area contributed by atoms with Crippen molar-refractivity contribution in [1.29, 1.82) is 0 Å². The van der Waals surface area contributed by atoms with Crippen LogP contribution in [0.4, 0.5) is 13.2 Å². The molecular formula is C22H21F3N4O5. The number of carboxylic acids is 1. The zero-order valence-electron chi connectivity index (χ0n) is 18.4. The van der Waals surface area contributed by atoms with E-state index < -0.39 is 12.1 Å². The van der Waals surface area contributed by atoms with Crippen LogP contribution in [0.2, 0.25) is 0 Å². The minimum Gasteiger partial charge on any atom is -0.497 e. The Labute approximate surface area is 191 Å². The standard InChI is InChI=1S/C20H20N4O3.C2HF3O2/c1-11(2)9-16-18-22-15-7-6-12(27-3)10-14(15)20(26)24(18)17-13(19(25)23-16)5-4-8-21-17;3-2(4,5)1(6)7/h4-8,10-11,16H,9H2,1-3H3,(H,23,25);(H,6,7). The first-order valence-electron chi connectivity index (χ1n) is 10.1. The number of nitrogens with one attached hydrogen (secondary N) is 1. The largest absolute Gasteiger partial charge is 0.497 e. The summed E-state index contributed by atoms with van der Waals surface area (Å²) in [5, 5.41) is 10.6. The Morgan fingerprint density at radius 2 is 1.94 bits per heavy atom. The van der Waals surface area contributed by atoms with Crippen molar-refractivity contribution in [3.63, 3.8) is 0 Å². The number of fused-ring (bicyclic) bond motifs is 4. The van der Waals surface area contributed by atoms with Crippen LogP contribution in [0.25, 0.3) is 16.7 Å². The first kappa shape index (κ1) is 24.7. The van der Waals surface area contributed by atoms with Gasteiger partial charge in [-0.1, -0.05) is 13.8 Å². The van der Waals surface area contributed by atoms with Crippen molar-refractivity contribution in [2.24, 2.45) is 5.92 Å². The summed E-state index contributed by atoms with van der Waals surface area (Å²) in [5.41, 5.74) is 0.657. The van der Waals surface area contributed by atoms with Crippen molar-refractivity contribution in [2.45, 2.75) is 32.5 Å². The number of benzene rings is 1. The smallest absolute Gasteiger partial charge is 0.490 e. The monoisotopic (exact) mass is 478 g/mol. The van der Waals surface area contributed by atoms with Crippen LogP contribution >= 0.6 is 0 Å². The average Bonchev–Trinajstić information content (AvgIpc) is 2.88. The molecule has 3 aromatic rings. The number of aliphatic carboxylic acids is 1. The van der Waals surface area contributed by atoms with Gasteiger partial charge < -0.3 is 15.2 Å². The SMILES string of the molecule is COc1ccc2nc3n(c(=O)c2c1)-c1ncccc1C(=O)NC3CC(C)C.O=C(O)C(F)(F)F. The van der Waals surface area contributed by atoms with Crippen LogP contribution < -0.4 is 15.6 Å². The second kappa shape index (κ2) is 9.49. The van der Waals surface area contributed by atoms with Gasteiger partial charge in [-0.05, 0) is 42.7 Å². The van der Waals surface area contributed by atoms with Gasteiger partial charge in [0.15, 0.2) is 5.82 Å². The van der Waals surface area contributed by atoms with Gasteiger partial charge in [-0.2, -0.15) is 13.2 Å². The molecule has 1 atom stereocenters. The fourth-order valence-electron chi connectivity index (χ4n) is 3.44. The van der Waals surface area contributed by atoms with Crippen LogP contribution in [0.5, 0.6) is 5.75 Å². The number of carboxylic acid groups (broad SMARTS) is 1. The molecule has 34 heavy (non-hydrogen) atoms. The molecule has 0 fully saturated rings. The number of hydrogen-bond acceptors (Lipinski definition) is 6. The quantitative estimate of drug-likeness (QED) is 0.592. The summed E-state index contributed by atoms with van der Waals surface area (Å²) in [6, 6.07) is 8.16. The third kappa shape index (κ3) is 5.00. The number of amides is 1. The van der Waals surface area contributed by atoms with Gasteiger partial charge in [0.2, 0.25) is 0 Å². The number of carbonyl (C=O) groups excluding carboxylic acids is 1. The highest BCUT2D eigenvalue weighted by Crippen LogP contribution is 2.28. The van der Waals surface area contributed by atoms with E-state index in [1.54, 1.807) is 43.6 Å². The highest BCUT2D eigenvalue weighted by atomic mass is 19.4. The number of aromatic nitrogens is 3. The number of rotatable bonds is 3. The molecule has 0 spiro atoms. The maximum absolute atomic E-state index is 13.4. The molecule has 0 aliphatic carbocycles. The van der Waals surface area contributed by atoms with Crippen LogP contribution in [0, 0.1) is 5.92 Å². The number of nitrogens with zero attached hydrogens (tertiary/aromatic N) is 3. The lowest BCUT2D eigenvalue weighted by atomic mass is 10.0. The molecular weight excluding hydrogens is 457 g/mol. The van der Waals surface area contributed by atoms with E-state index in [0.717, 1.165) is 0 Å². The van der Waals surface area contributed by atoms with E-state index in [0.29, 0.717) is 46.2 Å². The van der Waals surface area contributed by atoms with Crippen LogP contribution in [-0.2, 0) is 4.79 Å². The highest BCUT2D eigenvalue weighted by molar-refractivity contribution is 5.98. The van der Waals surface area contributed by atoms with Crippen LogP contribution in [0.15, 0.2) is 41.3 Å². The minimum atomic E-state index is -5.08. The molecule has 180 valence electrons. The maximum atomic E-state index is 13.4. The molecule has 1 aromatic carbocycles. The Bertz CT molecular complexity index is 1300. The molecule has 0 saturated carbocycles. The van der Waals surface area contributed by atoms with Crippen molar-refractivity contribution in [2.75, 3.05) is 7.11 Å². The Morgan fingerprint density at radius 3 is 2.53 bits per heavy atom. The summed E-state index contributed by atoms with van der Waals surface area (Å²) in [6.45, 7) is 4.13. The van der Waals surface area contributed by atoms with Gasteiger partial charge in [-0.3, -0.25) is 9.59 Å². The van der Waals surface area contributed by atoms with E-state index in [1.807, 2.05) is 0 Å². The average molecular weight is 478 g/mol. The molecule has 1 aliphatic rings. The van der Waals surface area contributed by atoms with Crippen molar-refractivity contribution in [3.05, 3.63) is 58.3 Å². The number of carbonyl (C=O) groups is 2. The van der Waals surface area contributed by atoms with E-state index >= 15 is 0 Å². The number of ether oxygens (including phenoxy) is 1. The van der Waals surface area contributed by atoms with Gasteiger partial charge in [0.1, 0.15) is 11.6 Å². The van der Waals surface area contributed by atoms with Crippen molar-refractivity contribution in [3.8, 4) is 11.6 Å². The van der Waals surface area contributed by atoms with Crippen molar-refractivity contribution >= 4 is 22.8 Å². The van der Waals surface area contributed by atoms with Crippen molar-refractivity contribution < 1.29 is 32.6 Å². The molecule has 0 bridgehead atoms. The zero-order valence-corrected chi connectivity index (χ0v) is 18.4. The van der Waals surface area contributed by atoms with E-state index in [9.17, 15) is 22.8 Å². The molecule has 2 aromatic heterocycles. The fraction of sp³-hybridized carbons (Fsp3) is 0.318. The molecule has 3 heterocycles. The first-order valence-corrected chi connectivity index (χ1v) is 10.1. The number of halogens is 3. The summed E-state index contributed by atoms with van der Waals surface area (Å²) in [5.74, 6) is -1.33. The summed E-state index contributed by atoms with van der Waals surface area (Å²) in [4.78, 5) is 44.1. The highest BCUT2D eigenvalue weighted by Gasteiger charge is 2.38. The Kier molecular flexibility index (Phi) is 6.89. The zero-order chi connectivity index (χ0) is 25.2. The molecule has 1 aliphatic heterocycles. The van der Waals surface area contributed by atoms with Gasteiger partial charge in [0.05, 0.1) is 29.6 Å². The van der Waals surface area contributed by atoms with Gasteiger partial charge in [-0.25, -0.2) is 19.3 Å². The van der Waals surface area contributed by atoms with Crippen LogP contribution in [-0.4, -0.2) is 44.8 Å². The number of pyridine rings is 1. The van der Waals surface area contributed by atoms with Crippen molar-refractivity contribution in [1.82, 2.24) is 19.9 Å². The van der Waals surface area contributed by atoms with E-state index in [2.05, 4.69) is 24.1 Å². The van der Waals surface area contributed by atoms with E-state index in [-0.39, 0.29) is 17.5 Å². The summed E-state index contributed by atoms with van der Waals surface area (Å²) in [6.07, 6.45) is -2.85. The topological polar surface area (TPSA) is 123 Å². The molecule has 1 amide bonds. The number of methoxy groups -OCH3 is 1. The van der Waals surface area contributed by atoms with Crippen LogP contribution in [0.1, 0.15) is 42.5 Å². The predicted molar refractivity (Wildman–Crippen MR) is 115 cm³/mol. The lowest BCUT2D eigenvalue weighted by molar-refractivity contribution is -0.192. The van der Waals surface area contributed by atoms with Crippen LogP contribution in [0.3, 0.4) is 0 Å². The molecule has 4 rings (SSSR count). The summed E-state index contributed by atoms with van der Waals surface area (Å²) in [7, 11) is 1.55. The normalized spacial score (nSPS) is 14.9. The third-order valence-electron chi connectivity index (χ3n) is 4.91. The second-order valence-electron chi connectivity index (χ2n) is 7.83. The lowest BCUT2D eigenvalue weighted by Gasteiger charge is -2.20. The summed E-state index contributed by atoms with van der Waals surface area (Å²) >= 11 is 0. The minimum absolute atomic E-state index is 0.254. The maximum Gasteiger partial charge on any atom is 0.490 e. The first-order chi connectivity index (χ1) is 15.9. The Morgan fingerprint density at radius 1 is 1.26 bits per heavy atom. The fourth-order valence-corrected chi connectivity index (χ4v) is 3.44. The molecule has 0 saturated heterocycles. The van der Waals surface area contributed by atoms with Gasteiger partial charge in [-0.15, -0.1) is 0 Å². The molecule has 2 N–H and O–H groups in total. The van der Waals surface area contributed by atoms with Gasteiger partial charge >= 0.3 is 12.1 Å². The summed E-state index contributed by atoms with van der Waals surface area (Å²) < 4.78 is 38.4. The number of hydrogen-bond donors (Lipinski definition) is 2. The van der Waals surface area contributed by atoms with Gasteiger partial charge in [0.25, 0.3) is 11.5 Å². The predicted octanol–water partition coefficient (Wildman–Crippen LogP) is 3.25. The third-order valence-corrected chi connectivity index (χ3v) is 4.91.